The topological polar surface area (TPSA) is 49.6 Å². The maximum atomic E-state index is 11.3. The predicted molar refractivity (Wildman–Crippen MR) is 81.4 cm³/mol. The zero-order chi connectivity index (χ0) is 14.8. The quantitative estimate of drug-likeness (QED) is 0.856. The molecule has 1 aromatic carbocycles. The SMILES string of the molecule is CC(=O)N1CCN(c2ncc(-c3cccc(Cl)c3)o2)CC1. The van der Waals surface area contributed by atoms with Crippen LogP contribution in [0.4, 0.5) is 6.01 Å². The molecule has 0 N–H and O–H groups in total. The molecule has 0 bridgehead atoms. The highest BCUT2D eigenvalue weighted by atomic mass is 35.5. The number of hydrogen-bond donors (Lipinski definition) is 0. The fourth-order valence-corrected chi connectivity index (χ4v) is 2.59. The highest BCUT2D eigenvalue weighted by Crippen LogP contribution is 2.26. The molecule has 0 radical (unpaired) electrons. The van der Waals surface area contributed by atoms with E-state index in [1.165, 1.54) is 0 Å². The Balaban J connectivity index is 1.73. The van der Waals surface area contributed by atoms with Crippen molar-refractivity contribution in [2.24, 2.45) is 0 Å². The lowest BCUT2D eigenvalue weighted by Crippen LogP contribution is -2.48. The third-order valence-electron chi connectivity index (χ3n) is 3.60. The Morgan fingerprint density at radius 3 is 2.71 bits per heavy atom. The second-order valence-corrected chi connectivity index (χ2v) is 5.45. The Labute approximate surface area is 128 Å². The average Bonchev–Trinajstić information content (AvgIpc) is 2.97. The van der Waals surface area contributed by atoms with Gasteiger partial charge in [0.25, 0.3) is 6.01 Å². The molecule has 2 heterocycles. The molecular formula is C15H16ClN3O2. The van der Waals surface area contributed by atoms with Crippen LogP contribution in [0.15, 0.2) is 34.9 Å². The van der Waals surface area contributed by atoms with Crippen molar-refractivity contribution in [3.05, 3.63) is 35.5 Å². The van der Waals surface area contributed by atoms with E-state index in [-0.39, 0.29) is 5.91 Å². The normalized spacial score (nSPS) is 15.3. The first-order chi connectivity index (χ1) is 10.1. The number of aromatic nitrogens is 1. The van der Waals surface area contributed by atoms with Gasteiger partial charge >= 0.3 is 0 Å². The summed E-state index contributed by atoms with van der Waals surface area (Å²) in [5, 5.41) is 0.667. The van der Waals surface area contributed by atoms with Crippen LogP contribution in [0.3, 0.4) is 0 Å². The van der Waals surface area contributed by atoms with Gasteiger partial charge in [0, 0.05) is 43.7 Å². The molecule has 1 fully saturated rings. The summed E-state index contributed by atoms with van der Waals surface area (Å²) in [5.74, 6) is 0.808. The molecular weight excluding hydrogens is 290 g/mol. The monoisotopic (exact) mass is 305 g/mol. The molecule has 1 aromatic heterocycles. The highest BCUT2D eigenvalue weighted by molar-refractivity contribution is 6.30. The summed E-state index contributed by atoms with van der Waals surface area (Å²) < 4.78 is 5.81. The summed E-state index contributed by atoms with van der Waals surface area (Å²) in [4.78, 5) is 19.5. The predicted octanol–water partition coefficient (Wildman–Crippen LogP) is 2.66. The van der Waals surface area contributed by atoms with Crippen molar-refractivity contribution in [3.63, 3.8) is 0 Å². The van der Waals surface area contributed by atoms with Crippen LogP contribution in [-0.2, 0) is 4.79 Å². The van der Waals surface area contributed by atoms with Gasteiger partial charge in [-0.2, -0.15) is 0 Å². The molecule has 0 atom stereocenters. The van der Waals surface area contributed by atoms with E-state index in [0.717, 1.165) is 18.7 Å². The van der Waals surface area contributed by atoms with Gasteiger partial charge in [-0.1, -0.05) is 23.7 Å². The number of anilines is 1. The second kappa shape index (κ2) is 5.77. The Hall–Kier alpha value is -2.01. The minimum atomic E-state index is 0.113. The van der Waals surface area contributed by atoms with Gasteiger partial charge in [-0.3, -0.25) is 4.79 Å². The van der Waals surface area contributed by atoms with Crippen LogP contribution >= 0.6 is 11.6 Å². The average molecular weight is 306 g/mol. The Kier molecular flexibility index (Phi) is 3.84. The maximum absolute atomic E-state index is 11.3. The van der Waals surface area contributed by atoms with Gasteiger partial charge in [0.1, 0.15) is 0 Å². The van der Waals surface area contributed by atoms with Crippen LogP contribution in [-0.4, -0.2) is 42.0 Å². The second-order valence-electron chi connectivity index (χ2n) is 5.01. The molecule has 0 unspecified atom stereocenters. The van der Waals surface area contributed by atoms with Crippen molar-refractivity contribution in [2.45, 2.75) is 6.92 Å². The molecule has 0 aliphatic carbocycles. The third-order valence-corrected chi connectivity index (χ3v) is 3.83. The molecule has 2 aromatic rings. The lowest BCUT2D eigenvalue weighted by atomic mass is 10.2. The van der Waals surface area contributed by atoms with Gasteiger partial charge < -0.3 is 14.2 Å². The van der Waals surface area contributed by atoms with Gasteiger partial charge in [-0.05, 0) is 12.1 Å². The minimum Gasteiger partial charge on any atom is -0.423 e. The summed E-state index contributed by atoms with van der Waals surface area (Å²) in [6, 6.07) is 8.08. The standard InChI is InChI=1S/C15H16ClN3O2/c1-11(20)18-5-7-19(8-6-18)15-17-10-14(21-15)12-3-2-4-13(16)9-12/h2-4,9-10H,5-8H2,1H3. The van der Waals surface area contributed by atoms with E-state index in [4.69, 9.17) is 16.0 Å². The van der Waals surface area contributed by atoms with E-state index >= 15 is 0 Å². The third kappa shape index (κ3) is 3.03. The number of piperazine rings is 1. The summed E-state index contributed by atoms with van der Waals surface area (Å²) in [5.41, 5.74) is 0.906. The molecule has 6 heteroatoms. The lowest BCUT2D eigenvalue weighted by molar-refractivity contribution is -0.129. The first-order valence-corrected chi connectivity index (χ1v) is 7.23. The molecule has 1 amide bonds. The zero-order valence-corrected chi connectivity index (χ0v) is 12.5. The first-order valence-electron chi connectivity index (χ1n) is 6.86. The van der Waals surface area contributed by atoms with Crippen LogP contribution in [0.25, 0.3) is 11.3 Å². The number of nitrogens with zero attached hydrogens (tertiary/aromatic N) is 3. The van der Waals surface area contributed by atoms with E-state index in [1.807, 2.05) is 34.1 Å². The largest absolute Gasteiger partial charge is 0.423 e. The number of halogens is 1. The molecule has 110 valence electrons. The molecule has 1 aliphatic rings. The van der Waals surface area contributed by atoms with Gasteiger partial charge in [-0.25, -0.2) is 4.98 Å². The van der Waals surface area contributed by atoms with Crippen LogP contribution < -0.4 is 4.90 Å². The maximum Gasteiger partial charge on any atom is 0.297 e. The van der Waals surface area contributed by atoms with Crippen LogP contribution in [0.2, 0.25) is 5.02 Å². The molecule has 5 nitrogen and oxygen atoms in total. The molecule has 1 aliphatic heterocycles. The van der Waals surface area contributed by atoms with E-state index in [0.29, 0.717) is 29.9 Å². The number of benzene rings is 1. The number of carbonyl (C=O) groups excluding carboxylic acids is 1. The van der Waals surface area contributed by atoms with Gasteiger partial charge in [0.15, 0.2) is 5.76 Å². The molecule has 0 spiro atoms. The van der Waals surface area contributed by atoms with E-state index in [2.05, 4.69) is 4.98 Å². The van der Waals surface area contributed by atoms with Crippen LogP contribution in [0.1, 0.15) is 6.92 Å². The number of rotatable bonds is 2. The van der Waals surface area contributed by atoms with Crippen molar-refractivity contribution < 1.29 is 9.21 Å². The van der Waals surface area contributed by atoms with Gasteiger partial charge in [-0.15, -0.1) is 0 Å². The summed E-state index contributed by atoms with van der Waals surface area (Å²) in [7, 11) is 0. The fraction of sp³-hybridized carbons (Fsp3) is 0.333. The van der Waals surface area contributed by atoms with Crippen molar-refractivity contribution in [3.8, 4) is 11.3 Å². The Bertz CT molecular complexity index is 648. The van der Waals surface area contributed by atoms with Gasteiger partial charge in [0.05, 0.1) is 6.20 Å². The fourth-order valence-electron chi connectivity index (χ4n) is 2.40. The van der Waals surface area contributed by atoms with Crippen molar-refractivity contribution >= 4 is 23.5 Å². The summed E-state index contributed by atoms with van der Waals surface area (Å²) >= 11 is 5.99. The highest BCUT2D eigenvalue weighted by Gasteiger charge is 2.22. The van der Waals surface area contributed by atoms with E-state index in [9.17, 15) is 4.79 Å². The van der Waals surface area contributed by atoms with Crippen molar-refractivity contribution in [1.29, 1.82) is 0 Å². The summed E-state index contributed by atoms with van der Waals surface area (Å²) in [6.07, 6.45) is 1.71. The van der Waals surface area contributed by atoms with Crippen molar-refractivity contribution in [2.75, 3.05) is 31.1 Å². The van der Waals surface area contributed by atoms with E-state index in [1.54, 1.807) is 13.1 Å². The minimum absolute atomic E-state index is 0.113. The Morgan fingerprint density at radius 2 is 2.05 bits per heavy atom. The number of hydrogen-bond acceptors (Lipinski definition) is 4. The molecule has 1 saturated heterocycles. The number of oxazole rings is 1. The van der Waals surface area contributed by atoms with Crippen molar-refractivity contribution in [1.82, 2.24) is 9.88 Å². The first kappa shape index (κ1) is 13.9. The number of amides is 1. The molecule has 3 rings (SSSR count). The van der Waals surface area contributed by atoms with Gasteiger partial charge in [0.2, 0.25) is 5.91 Å². The van der Waals surface area contributed by atoms with Crippen LogP contribution in [0, 0.1) is 0 Å². The lowest BCUT2D eigenvalue weighted by Gasteiger charge is -2.33. The number of carbonyl (C=O) groups is 1. The zero-order valence-electron chi connectivity index (χ0n) is 11.8. The molecule has 21 heavy (non-hydrogen) atoms. The smallest absolute Gasteiger partial charge is 0.297 e. The van der Waals surface area contributed by atoms with E-state index < -0.39 is 0 Å². The summed E-state index contributed by atoms with van der Waals surface area (Å²) in [6.45, 7) is 4.45. The van der Waals surface area contributed by atoms with Crippen LogP contribution in [0.5, 0.6) is 0 Å². The molecule has 0 saturated carbocycles. The Morgan fingerprint density at radius 1 is 1.29 bits per heavy atom.